The van der Waals surface area contributed by atoms with Crippen LogP contribution in [-0.4, -0.2) is 30.5 Å². The number of hydrogen-bond donors (Lipinski definition) is 4. The molecule has 0 aromatic rings. The molecule has 1 saturated heterocycles. The average molecular weight is 167 g/mol. The molecule has 0 saturated carbocycles. The van der Waals surface area contributed by atoms with Gasteiger partial charge in [-0.2, -0.15) is 0 Å². The maximum absolute atomic E-state index is 7.27. The fourth-order valence-electron chi connectivity index (χ4n) is 1.61. The highest BCUT2D eigenvalue weighted by molar-refractivity contribution is 5.75. The van der Waals surface area contributed by atoms with Crippen LogP contribution in [0.4, 0.5) is 0 Å². The molecule has 5 heteroatoms. The molecule has 0 aliphatic carbocycles. The fraction of sp³-hybridized carbons (Fsp3) is 0.571. The van der Waals surface area contributed by atoms with E-state index in [2.05, 4.69) is 16.9 Å². The van der Waals surface area contributed by atoms with Gasteiger partial charge in [-0.3, -0.25) is 5.41 Å². The van der Waals surface area contributed by atoms with Gasteiger partial charge >= 0.3 is 0 Å². The summed E-state index contributed by atoms with van der Waals surface area (Å²) in [5.41, 5.74) is 12.8. The lowest BCUT2D eigenvalue weighted by molar-refractivity contribution is 0.377. The van der Waals surface area contributed by atoms with Crippen LogP contribution in [0.5, 0.6) is 0 Å². The van der Waals surface area contributed by atoms with Crippen LogP contribution in [-0.2, 0) is 0 Å². The highest BCUT2D eigenvalue weighted by Gasteiger charge is 2.26. The molecule has 0 bridgehead atoms. The summed E-state index contributed by atoms with van der Waals surface area (Å²) in [6.45, 7) is 2.52. The van der Waals surface area contributed by atoms with Gasteiger partial charge in [-0.05, 0) is 6.08 Å². The van der Waals surface area contributed by atoms with Crippen LogP contribution in [0.2, 0.25) is 0 Å². The van der Waals surface area contributed by atoms with Crippen molar-refractivity contribution in [3.8, 4) is 0 Å². The Labute approximate surface area is 71.1 Å². The lowest BCUT2D eigenvalue weighted by Gasteiger charge is -2.28. The molecule has 2 aliphatic heterocycles. The van der Waals surface area contributed by atoms with Crippen molar-refractivity contribution < 1.29 is 0 Å². The average Bonchev–Trinajstić information content (AvgIpc) is 2.49. The third kappa shape index (κ3) is 1.12. The molecule has 0 radical (unpaired) electrons. The van der Waals surface area contributed by atoms with Gasteiger partial charge in [0.25, 0.3) is 0 Å². The summed E-state index contributed by atoms with van der Waals surface area (Å²) >= 11 is 0. The second-order valence-electron chi connectivity index (χ2n) is 3.15. The van der Waals surface area contributed by atoms with E-state index < -0.39 is 0 Å². The Bertz CT molecular complexity index is 234. The standard InChI is InChI=1S/C7H13N5/c8-7(9)12-2-1-6-5(4-12)3-10-11-6/h1,5,10-11H,2-4H2,(H3,8,9). The second-order valence-corrected chi connectivity index (χ2v) is 3.15. The van der Waals surface area contributed by atoms with Crippen molar-refractivity contribution in [2.45, 2.75) is 0 Å². The predicted molar refractivity (Wildman–Crippen MR) is 46.2 cm³/mol. The van der Waals surface area contributed by atoms with Crippen LogP contribution < -0.4 is 16.6 Å². The van der Waals surface area contributed by atoms with E-state index in [9.17, 15) is 0 Å². The first kappa shape index (κ1) is 7.42. The molecule has 1 unspecified atom stereocenters. The number of guanidine groups is 1. The van der Waals surface area contributed by atoms with E-state index in [1.807, 2.05) is 4.90 Å². The second kappa shape index (κ2) is 2.67. The third-order valence-electron chi connectivity index (χ3n) is 2.33. The normalized spacial score (nSPS) is 27.5. The largest absolute Gasteiger partial charge is 0.370 e. The molecule has 0 spiro atoms. The van der Waals surface area contributed by atoms with Gasteiger partial charge in [0, 0.05) is 31.2 Å². The molecule has 2 aliphatic rings. The molecule has 12 heavy (non-hydrogen) atoms. The summed E-state index contributed by atoms with van der Waals surface area (Å²) in [6, 6.07) is 0. The lowest BCUT2D eigenvalue weighted by atomic mass is 10.0. The van der Waals surface area contributed by atoms with E-state index in [0.717, 1.165) is 19.6 Å². The molecule has 0 amide bonds. The molecule has 1 fully saturated rings. The van der Waals surface area contributed by atoms with Crippen LogP contribution in [0.15, 0.2) is 11.8 Å². The Hall–Kier alpha value is -1.23. The van der Waals surface area contributed by atoms with Gasteiger partial charge in [0.1, 0.15) is 0 Å². The summed E-state index contributed by atoms with van der Waals surface area (Å²) in [6.07, 6.45) is 2.08. The number of nitrogens with one attached hydrogen (secondary N) is 3. The van der Waals surface area contributed by atoms with Crippen molar-refractivity contribution in [3.63, 3.8) is 0 Å². The zero-order chi connectivity index (χ0) is 8.55. The maximum Gasteiger partial charge on any atom is 0.188 e. The summed E-state index contributed by atoms with van der Waals surface area (Å²) in [5.74, 6) is 0.639. The monoisotopic (exact) mass is 167 g/mol. The predicted octanol–water partition coefficient (Wildman–Crippen LogP) is -1.20. The zero-order valence-electron chi connectivity index (χ0n) is 6.80. The third-order valence-corrected chi connectivity index (χ3v) is 2.33. The number of hydrogen-bond acceptors (Lipinski definition) is 3. The van der Waals surface area contributed by atoms with Gasteiger partial charge in [0.05, 0.1) is 0 Å². The Morgan fingerprint density at radius 2 is 2.58 bits per heavy atom. The van der Waals surface area contributed by atoms with Gasteiger partial charge in [-0.15, -0.1) is 0 Å². The molecule has 66 valence electrons. The minimum Gasteiger partial charge on any atom is -0.370 e. The van der Waals surface area contributed by atoms with Crippen LogP contribution in [0.1, 0.15) is 0 Å². The summed E-state index contributed by atoms with van der Waals surface area (Å²) < 4.78 is 0. The van der Waals surface area contributed by atoms with E-state index in [-0.39, 0.29) is 5.96 Å². The van der Waals surface area contributed by atoms with Crippen molar-refractivity contribution in [2.24, 2.45) is 11.7 Å². The van der Waals surface area contributed by atoms with E-state index in [4.69, 9.17) is 11.1 Å². The van der Waals surface area contributed by atoms with Crippen molar-refractivity contribution in [2.75, 3.05) is 19.6 Å². The molecule has 0 aromatic heterocycles. The quantitative estimate of drug-likeness (QED) is 0.270. The molecule has 5 nitrogen and oxygen atoms in total. The molecule has 2 heterocycles. The molecule has 0 aromatic carbocycles. The van der Waals surface area contributed by atoms with Crippen molar-refractivity contribution in [1.29, 1.82) is 5.41 Å². The zero-order valence-corrected chi connectivity index (χ0v) is 6.80. The summed E-state index contributed by atoms with van der Waals surface area (Å²) in [7, 11) is 0. The Kier molecular flexibility index (Phi) is 1.65. The fourth-order valence-corrected chi connectivity index (χ4v) is 1.61. The van der Waals surface area contributed by atoms with Gasteiger partial charge in [0.15, 0.2) is 5.96 Å². The number of nitrogens with two attached hydrogens (primary N) is 1. The molecule has 5 N–H and O–H groups in total. The van der Waals surface area contributed by atoms with Crippen molar-refractivity contribution in [1.82, 2.24) is 15.8 Å². The van der Waals surface area contributed by atoms with E-state index in [1.165, 1.54) is 5.70 Å². The maximum atomic E-state index is 7.27. The molecular weight excluding hydrogens is 154 g/mol. The van der Waals surface area contributed by atoms with E-state index in [0.29, 0.717) is 5.92 Å². The van der Waals surface area contributed by atoms with Gasteiger partial charge in [0.2, 0.25) is 0 Å². The SMILES string of the molecule is N=C(N)N1CC=C2NNCC2C1. The lowest BCUT2D eigenvalue weighted by Crippen LogP contribution is -2.43. The Balaban J connectivity index is 2.08. The topological polar surface area (TPSA) is 77.2 Å². The molecule has 1 atom stereocenters. The van der Waals surface area contributed by atoms with Gasteiger partial charge in [-0.25, -0.2) is 5.43 Å². The Morgan fingerprint density at radius 3 is 3.33 bits per heavy atom. The first-order chi connectivity index (χ1) is 5.77. The highest BCUT2D eigenvalue weighted by atomic mass is 15.4. The highest BCUT2D eigenvalue weighted by Crippen LogP contribution is 2.17. The first-order valence-electron chi connectivity index (χ1n) is 4.05. The molecular formula is C7H13N5. The first-order valence-corrected chi connectivity index (χ1v) is 4.05. The van der Waals surface area contributed by atoms with E-state index in [1.54, 1.807) is 0 Å². The van der Waals surface area contributed by atoms with Gasteiger partial charge < -0.3 is 16.1 Å². The number of rotatable bonds is 0. The van der Waals surface area contributed by atoms with Crippen LogP contribution in [0.25, 0.3) is 0 Å². The van der Waals surface area contributed by atoms with Crippen LogP contribution >= 0.6 is 0 Å². The van der Waals surface area contributed by atoms with Gasteiger partial charge in [-0.1, -0.05) is 0 Å². The van der Waals surface area contributed by atoms with Crippen molar-refractivity contribution in [3.05, 3.63) is 11.8 Å². The minimum absolute atomic E-state index is 0.164. The smallest absolute Gasteiger partial charge is 0.188 e. The number of nitrogens with zero attached hydrogens (tertiary/aromatic N) is 1. The summed E-state index contributed by atoms with van der Waals surface area (Å²) in [5, 5.41) is 7.27. The Morgan fingerprint density at radius 1 is 1.75 bits per heavy atom. The minimum atomic E-state index is 0.164. The molecule has 2 rings (SSSR count). The van der Waals surface area contributed by atoms with E-state index >= 15 is 0 Å². The number of fused-ring (bicyclic) bond motifs is 1. The van der Waals surface area contributed by atoms with Crippen molar-refractivity contribution >= 4 is 5.96 Å². The van der Waals surface area contributed by atoms with Crippen LogP contribution in [0, 0.1) is 11.3 Å². The van der Waals surface area contributed by atoms with Crippen LogP contribution in [0.3, 0.4) is 0 Å². The number of hydrazine groups is 1. The summed E-state index contributed by atoms with van der Waals surface area (Å²) in [4.78, 5) is 1.86.